The molecule has 0 aliphatic carbocycles. The van der Waals surface area contributed by atoms with Gasteiger partial charge in [-0.1, -0.05) is 85.0 Å². The second-order valence-corrected chi connectivity index (χ2v) is 22.2. The van der Waals surface area contributed by atoms with Crippen molar-refractivity contribution in [3.05, 3.63) is 144 Å². The van der Waals surface area contributed by atoms with Crippen LogP contribution < -0.4 is 20.1 Å². The number of nitrogens with one attached hydrogen (secondary N) is 2. The molecule has 4 bridgehead atoms. The lowest BCUT2D eigenvalue weighted by Crippen LogP contribution is -2.45. The number of nitrogens with zero attached hydrogens (tertiary/aromatic N) is 6. The van der Waals surface area contributed by atoms with E-state index in [-0.39, 0.29) is 25.7 Å². The summed E-state index contributed by atoms with van der Waals surface area (Å²) in [6, 6.07) is 17.2. The van der Waals surface area contributed by atoms with Crippen LogP contribution in [0.1, 0.15) is 128 Å². The first kappa shape index (κ1) is 70.5. The number of allylic oxidation sites excluding steroid dienone is 2. The molecule has 2 unspecified atom stereocenters. The maximum absolute atomic E-state index is 14.9. The zero-order valence-electron chi connectivity index (χ0n) is 49.8. The van der Waals surface area contributed by atoms with Gasteiger partial charge in [0, 0.05) is 12.8 Å². The van der Waals surface area contributed by atoms with Crippen LogP contribution in [0.3, 0.4) is 0 Å². The van der Waals surface area contributed by atoms with Crippen molar-refractivity contribution in [2.75, 3.05) is 10.6 Å². The molecule has 6 aromatic rings. The molecule has 30 heteroatoms. The second kappa shape index (κ2) is 28.5. The maximum Gasteiger partial charge on any atom is 0.426 e. The fraction of sp³-hybridized carbons (Fsp3) is 0.433. The highest BCUT2D eigenvalue weighted by atomic mass is 19.4. The molecule has 0 spiro atoms. The molecule has 18 nitrogen and oxygen atoms in total. The molecule has 0 saturated heterocycles. The fourth-order valence-electron chi connectivity index (χ4n) is 8.33. The minimum absolute atomic E-state index is 0.0501. The first-order chi connectivity index (χ1) is 41.9. The lowest BCUT2D eigenvalue weighted by atomic mass is 9.95. The highest BCUT2D eigenvalue weighted by Crippen LogP contribution is 2.50. The summed E-state index contributed by atoms with van der Waals surface area (Å²) in [7, 11) is 0. The molecule has 2 aromatic carbocycles. The molecule has 2 amide bonds. The van der Waals surface area contributed by atoms with Gasteiger partial charge in [0.2, 0.25) is 23.0 Å². The van der Waals surface area contributed by atoms with E-state index in [0.29, 0.717) is 23.3 Å². The van der Waals surface area contributed by atoms with Crippen molar-refractivity contribution in [2.24, 2.45) is 0 Å². The minimum atomic E-state index is -5.10. The number of alkyl halides is 12. The van der Waals surface area contributed by atoms with Crippen LogP contribution in [0.5, 0.6) is 11.8 Å². The van der Waals surface area contributed by atoms with E-state index in [1.165, 1.54) is 79.7 Å². The predicted molar refractivity (Wildman–Crippen MR) is 300 cm³/mol. The summed E-state index contributed by atoms with van der Waals surface area (Å²) < 4.78 is 217. The molecule has 4 aromatic heterocycles. The summed E-state index contributed by atoms with van der Waals surface area (Å²) in [5.41, 5.74) is -12.7. The van der Waals surface area contributed by atoms with Crippen LogP contribution in [0.15, 0.2) is 119 Å². The number of amides is 2. The van der Waals surface area contributed by atoms with Crippen molar-refractivity contribution in [1.29, 1.82) is 0 Å². The minimum Gasteiger partial charge on any atom is -0.474 e. The number of halogens is 12. The number of ether oxygens (including phenoxy) is 6. The third kappa shape index (κ3) is 18.5. The van der Waals surface area contributed by atoms with Crippen molar-refractivity contribution in [2.45, 2.75) is 166 Å². The average molecular weight is 1290 g/mol. The van der Waals surface area contributed by atoms with Crippen molar-refractivity contribution < 1.29 is 99.5 Å². The largest absolute Gasteiger partial charge is 0.474 e. The Labute approximate surface area is 508 Å². The normalized spacial score (nSPS) is 16.8. The van der Waals surface area contributed by atoms with Crippen molar-refractivity contribution in [3.63, 3.8) is 0 Å². The van der Waals surface area contributed by atoms with Gasteiger partial charge in [-0.25, -0.2) is 19.6 Å². The molecular weight excluding hydrogens is 1220 g/mol. The number of anilines is 2. The average Bonchev–Trinajstić information content (AvgIpc) is 1.50. The van der Waals surface area contributed by atoms with E-state index in [1.54, 1.807) is 60.7 Å². The van der Waals surface area contributed by atoms with E-state index >= 15 is 0 Å². The third-order valence-electron chi connectivity index (χ3n) is 12.5. The van der Waals surface area contributed by atoms with Crippen LogP contribution >= 0.6 is 0 Å². The smallest absolute Gasteiger partial charge is 0.426 e. The van der Waals surface area contributed by atoms with E-state index in [0.717, 1.165) is 0 Å². The van der Waals surface area contributed by atoms with Gasteiger partial charge >= 0.3 is 36.9 Å². The number of carbonyl (C=O) groups is 2. The van der Waals surface area contributed by atoms with E-state index < -0.39 is 167 Å². The number of hydrogen-bond donors (Lipinski definition) is 2. The molecule has 0 radical (unpaired) electrons. The Morgan fingerprint density at radius 3 is 1.76 bits per heavy atom. The van der Waals surface area contributed by atoms with E-state index in [1.807, 2.05) is 0 Å². The lowest BCUT2D eigenvalue weighted by Gasteiger charge is -2.32. The van der Waals surface area contributed by atoms with Crippen molar-refractivity contribution in [3.8, 4) is 34.9 Å². The Kier molecular flexibility index (Phi) is 22.4. The van der Waals surface area contributed by atoms with Crippen LogP contribution in [-0.4, -0.2) is 78.3 Å². The molecule has 7 rings (SSSR count). The number of fused-ring (bicyclic) bond motifs is 5. The van der Waals surface area contributed by atoms with E-state index in [2.05, 4.69) is 54.2 Å². The van der Waals surface area contributed by atoms with E-state index in [4.69, 9.17) is 37.3 Å². The predicted octanol–water partition coefficient (Wildman–Crippen LogP) is 16.8. The monoisotopic (exact) mass is 1280 g/mol. The van der Waals surface area contributed by atoms with Gasteiger partial charge < -0.3 is 37.3 Å². The summed E-state index contributed by atoms with van der Waals surface area (Å²) in [5.74, 6) is -5.36. The molecule has 0 fully saturated rings. The number of pyridine rings is 2. The summed E-state index contributed by atoms with van der Waals surface area (Å²) in [4.78, 5) is 33.0. The Hall–Kier alpha value is -8.54. The standard InChI is InChI=1S/C31H34F6N4O5.C29H30F6N4O5/c1-7-9-16-29(31(35,36)37,43-18-20-14-11-10-12-15-20)26-41-40-25(45-26)23-22(38-27(42)46-28(4,5)6)17-21(30(32,33)34)24(39-23)44-19(3)13-8-2;1-17-11-7-6-10-14-27(29(33,34)35,41-16-18-12-8-5-9-13-18)24-39-38-23(43-24)21-20(36-25(40)44-26(2,3)4)15-19(28(30,31)32)22(37-21)42-17/h7-8,10-12,14-15,17,19H,1-2,9,13,16,18H2,3-6H3,(H,38,42);5-9,12-13,15,17H,10-11,14,16H2,1-4H3,(H,36,40)/t19-,29?;17-,27?/m11/s1. The molecule has 2 N–H and O–H groups in total. The quantitative estimate of drug-likeness (QED) is 0.0641. The Bertz CT molecular complexity index is 3430. The van der Waals surface area contributed by atoms with Gasteiger partial charge in [0.15, 0.2) is 11.4 Å². The molecular formula is C60H64F12N8O10. The Morgan fingerprint density at radius 2 is 1.23 bits per heavy atom. The molecule has 4 atom stereocenters. The molecule has 1 aliphatic rings. The third-order valence-corrected chi connectivity index (χ3v) is 12.5. The van der Waals surface area contributed by atoms with E-state index in [9.17, 15) is 62.3 Å². The molecule has 488 valence electrons. The van der Waals surface area contributed by atoms with Crippen molar-refractivity contribution in [1.82, 2.24) is 30.4 Å². The van der Waals surface area contributed by atoms with Crippen LogP contribution in [0.2, 0.25) is 0 Å². The van der Waals surface area contributed by atoms with Crippen molar-refractivity contribution >= 4 is 23.6 Å². The van der Waals surface area contributed by atoms with Gasteiger partial charge in [-0.15, -0.1) is 33.6 Å². The van der Waals surface area contributed by atoms with Gasteiger partial charge in [-0.3, -0.25) is 10.6 Å². The first-order valence-electron chi connectivity index (χ1n) is 27.5. The van der Waals surface area contributed by atoms with Crippen LogP contribution in [0, 0.1) is 0 Å². The summed E-state index contributed by atoms with van der Waals surface area (Å²) in [6.07, 6.45) is -20.2. The highest BCUT2D eigenvalue weighted by Gasteiger charge is 2.62. The first-order valence-corrected chi connectivity index (χ1v) is 27.5. The molecule has 90 heavy (non-hydrogen) atoms. The fourth-order valence-corrected chi connectivity index (χ4v) is 8.33. The summed E-state index contributed by atoms with van der Waals surface area (Å²) >= 11 is 0. The van der Waals surface area contributed by atoms with Crippen LogP contribution in [0.4, 0.5) is 73.6 Å². The molecule has 0 saturated carbocycles. The maximum atomic E-state index is 14.9. The summed E-state index contributed by atoms with van der Waals surface area (Å²) in [6.45, 7) is 18.1. The van der Waals surface area contributed by atoms with Crippen LogP contribution in [-0.2, 0) is 55.7 Å². The Balaban J connectivity index is 0.000000287. The Morgan fingerprint density at radius 1 is 0.700 bits per heavy atom. The molecule has 1 aliphatic heterocycles. The SMILES string of the molecule is C=CCCC(OCc1ccccc1)(c1nnc(-c2nc(O[C@H](C)CC=C)c(C(F)(F)F)cc2NC(=O)OC(C)(C)C)o1)C(F)(F)F.C[C@@H]1CC=CCCC(OCc2ccccc2)(C(F)(F)F)c2nnc(o2)-c2nc(c(C(F)(F)F)cc2NC(=O)OC(C)(C)C)O1. The molecule has 5 heterocycles. The zero-order valence-corrected chi connectivity index (χ0v) is 49.8. The second-order valence-electron chi connectivity index (χ2n) is 22.2. The van der Waals surface area contributed by atoms with Gasteiger partial charge in [-0.05, 0) is 104 Å². The lowest BCUT2D eigenvalue weighted by molar-refractivity contribution is -0.299. The van der Waals surface area contributed by atoms with Crippen LogP contribution in [0.25, 0.3) is 23.2 Å². The number of rotatable bonds is 17. The van der Waals surface area contributed by atoms with Gasteiger partial charge in [0.05, 0.1) is 24.6 Å². The number of aromatic nitrogens is 6. The van der Waals surface area contributed by atoms with Gasteiger partial charge in [0.1, 0.15) is 34.5 Å². The number of benzene rings is 2. The van der Waals surface area contributed by atoms with Gasteiger partial charge in [-0.2, -0.15) is 52.7 Å². The number of carbonyl (C=O) groups excluding carboxylic acids is 2. The summed E-state index contributed by atoms with van der Waals surface area (Å²) in [5, 5.41) is 18.9. The number of hydrogen-bond acceptors (Lipinski definition) is 16. The van der Waals surface area contributed by atoms with Gasteiger partial charge in [0.25, 0.3) is 23.6 Å². The highest BCUT2D eigenvalue weighted by molar-refractivity contribution is 5.90. The zero-order chi connectivity index (χ0) is 66.7. The topological polar surface area (TPSA) is 217 Å².